The second-order valence-electron chi connectivity index (χ2n) is 2.64. The van der Waals surface area contributed by atoms with Crippen LogP contribution in [0.25, 0.3) is 11.3 Å². The van der Waals surface area contributed by atoms with E-state index < -0.39 is 0 Å². The highest BCUT2D eigenvalue weighted by Gasteiger charge is 2.01. The molecule has 1 heterocycles. The lowest BCUT2D eigenvalue weighted by Gasteiger charge is -1.93. The zero-order chi connectivity index (χ0) is 9.10. The van der Waals surface area contributed by atoms with Crippen LogP contribution in [0.2, 0.25) is 0 Å². The SMILES string of the molecule is N#Cc1ccc(-c2ccccc2)o1. The van der Waals surface area contributed by atoms with E-state index in [1.54, 1.807) is 12.1 Å². The van der Waals surface area contributed by atoms with Gasteiger partial charge in [0.05, 0.1) is 0 Å². The Balaban J connectivity index is 2.43. The predicted octanol–water partition coefficient (Wildman–Crippen LogP) is 2.82. The molecular weight excluding hydrogens is 162 g/mol. The number of rotatable bonds is 1. The maximum Gasteiger partial charge on any atom is 0.204 e. The molecule has 0 N–H and O–H groups in total. The first kappa shape index (κ1) is 7.63. The van der Waals surface area contributed by atoms with Crippen LogP contribution in [0.15, 0.2) is 46.9 Å². The molecule has 1 aromatic carbocycles. The van der Waals surface area contributed by atoms with E-state index in [1.165, 1.54) is 0 Å². The monoisotopic (exact) mass is 169 g/mol. The van der Waals surface area contributed by atoms with Crippen molar-refractivity contribution in [3.05, 3.63) is 48.2 Å². The van der Waals surface area contributed by atoms with Crippen molar-refractivity contribution >= 4 is 0 Å². The molecule has 0 spiro atoms. The van der Waals surface area contributed by atoms with Crippen molar-refractivity contribution in [2.45, 2.75) is 0 Å². The predicted molar refractivity (Wildman–Crippen MR) is 48.9 cm³/mol. The fourth-order valence-electron chi connectivity index (χ4n) is 1.16. The van der Waals surface area contributed by atoms with Crippen LogP contribution in [-0.4, -0.2) is 0 Å². The molecule has 2 heteroatoms. The Labute approximate surface area is 76.0 Å². The molecule has 0 saturated carbocycles. The van der Waals surface area contributed by atoms with Crippen molar-refractivity contribution in [2.24, 2.45) is 0 Å². The number of nitriles is 1. The van der Waals surface area contributed by atoms with Gasteiger partial charge in [0.25, 0.3) is 0 Å². The molecule has 2 rings (SSSR count). The third kappa shape index (κ3) is 1.45. The largest absolute Gasteiger partial charge is 0.446 e. The zero-order valence-corrected chi connectivity index (χ0v) is 6.90. The van der Waals surface area contributed by atoms with Crippen LogP contribution in [0.1, 0.15) is 5.76 Å². The molecule has 0 aliphatic heterocycles. The Morgan fingerprint density at radius 3 is 2.38 bits per heavy atom. The summed E-state index contributed by atoms with van der Waals surface area (Å²) in [6.45, 7) is 0. The number of nitrogens with zero attached hydrogens (tertiary/aromatic N) is 1. The van der Waals surface area contributed by atoms with Crippen LogP contribution in [0.4, 0.5) is 0 Å². The highest BCUT2D eigenvalue weighted by Crippen LogP contribution is 2.20. The van der Waals surface area contributed by atoms with Crippen LogP contribution >= 0.6 is 0 Å². The second kappa shape index (κ2) is 3.16. The van der Waals surface area contributed by atoms with E-state index in [0.717, 1.165) is 11.3 Å². The molecule has 0 bridgehead atoms. The molecule has 0 unspecified atom stereocenters. The molecule has 2 nitrogen and oxygen atoms in total. The van der Waals surface area contributed by atoms with Gasteiger partial charge >= 0.3 is 0 Å². The molecule has 0 radical (unpaired) electrons. The molecule has 13 heavy (non-hydrogen) atoms. The van der Waals surface area contributed by atoms with E-state index >= 15 is 0 Å². The summed E-state index contributed by atoms with van der Waals surface area (Å²) in [5.41, 5.74) is 0.990. The number of hydrogen-bond acceptors (Lipinski definition) is 2. The summed E-state index contributed by atoms with van der Waals surface area (Å²) >= 11 is 0. The maximum absolute atomic E-state index is 8.55. The molecule has 0 atom stereocenters. The van der Waals surface area contributed by atoms with Crippen LogP contribution in [0.5, 0.6) is 0 Å². The van der Waals surface area contributed by atoms with Gasteiger partial charge in [0, 0.05) is 5.56 Å². The van der Waals surface area contributed by atoms with Gasteiger partial charge in [0.1, 0.15) is 11.8 Å². The van der Waals surface area contributed by atoms with Crippen LogP contribution in [-0.2, 0) is 0 Å². The summed E-state index contributed by atoms with van der Waals surface area (Å²) in [6.07, 6.45) is 0. The van der Waals surface area contributed by atoms with Gasteiger partial charge in [-0.2, -0.15) is 5.26 Å². The standard InChI is InChI=1S/C11H7NO/c12-8-10-6-7-11(13-10)9-4-2-1-3-5-9/h1-7H. The maximum atomic E-state index is 8.55. The van der Waals surface area contributed by atoms with Crippen molar-refractivity contribution < 1.29 is 4.42 Å². The molecule has 0 aliphatic rings. The summed E-state index contributed by atoms with van der Waals surface area (Å²) in [7, 11) is 0. The number of hydrogen-bond donors (Lipinski definition) is 0. The van der Waals surface area contributed by atoms with Crippen LogP contribution in [0, 0.1) is 11.3 Å². The summed E-state index contributed by atoms with van der Waals surface area (Å²) in [5.74, 6) is 1.08. The molecular formula is C11H7NO. The Bertz CT molecular complexity index is 437. The minimum absolute atomic E-state index is 0.346. The molecule has 1 aromatic heterocycles. The Morgan fingerprint density at radius 2 is 1.77 bits per heavy atom. The molecule has 2 aromatic rings. The average Bonchev–Trinajstić information content (AvgIpc) is 2.67. The summed E-state index contributed by atoms with van der Waals surface area (Å²) in [4.78, 5) is 0. The zero-order valence-electron chi connectivity index (χ0n) is 6.90. The first-order valence-corrected chi connectivity index (χ1v) is 3.95. The van der Waals surface area contributed by atoms with Crippen molar-refractivity contribution in [1.29, 1.82) is 5.26 Å². The van der Waals surface area contributed by atoms with Crippen molar-refractivity contribution in [3.63, 3.8) is 0 Å². The van der Waals surface area contributed by atoms with E-state index in [2.05, 4.69) is 0 Å². The van der Waals surface area contributed by atoms with Gasteiger partial charge in [-0.15, -0.1) is 0 Å². The third-order valence-electron chi connectivity index (χ3n) is 1.77. The van der Waals surface area contributed by atoms with Gasteiger partial charge in [-0.05, 0) is 12.1 Å². The molecule has 62 valence electrons. The summed E-state index contributed by atoms with van der Waals surface area (Å²) in [5, 5.41) is 8.55. The van der Waals surface area contributed by atoms with E-state index in [-0.39, 0.29) is 0 Å². The highest BCUT2D eigenvalue weighted by atomic mass is 16.3. The topological polar surface area (TPSA) is 36.9 Å². The lowest BCUT2D eigenvalue weighted by molar-refractivity contribution is 0.567. The van der Waals surface area contributed by atoms with Gasteiger partial charge in [0.2, 0.25) is 5.76 Å². The minimum atomic E-state index is 0.346. The van der Waals surface area contributed by atoms with E-state index in [4.69, 9.17) is 9.68 Å². The second-order valence-corrected chi connectivity index (χ2v) is 2.64. The third-order valence-corrected chi connectivity index (χ3v) is 1.77. The van der Waals surface area contributed by atoms with Gasteiger partial charge in [-0.25, -0.2) is 0 Å². The van der Waals surface area contributed by atoms with Crippen molar-refractivity contribution in [2.75, 3.05) is 0 Å². The fourth-order valence-corrected chi connectivity index (χ4v) is 1.16. The quantitative estimate of drug-likeness (QED) is 0.658. The van der Waals surface area contributed by atoms with Gasteiger partial charge in [0.15, 0.2) is 0 Å². The molecule has 0 fully saturated rings. The normalized spacial score (nSPS) is 9.46. The molecule has 0 aliphatic carbocycles. The molecule has 0 amide bonds. The van der Waals surface area contributed by atoms with E-state index in [0.29, 0.717) is 5.76 Å². The summed E-state index contributed by atoms with van der Waals surface area (Å²) < 4.78 is 5.26. The van der Waals surface area contributed by atoms with Crippen molar-refractivity contribution in [3.8, 4) is 17.4 Å². The van der Waals surface area contributed by atoms with Crippen LogP contribution in [0.3, 0.4) is 0 Å². The Kier molecular flexibility index (Phi) is 1.85. The van der Waals surface area contributed by atoms with E-state index in [9.17, 15) is 0 Å². The Hall–Kier alpha value is -2.01. The smallest absolute Gasteiger partial charge is 0.204 e. The highest BCUT2D eigenvalue weighted by molar-refractivity contribution is 5.57. The number of furan rings is 1. The number of benzene rings is 1. The van der Waals surface area contributed by atoms with Gasteiger partial charge in [-0.3, -0.25) is 0 Å². The van der Waals surface area contributed by atoms with Crippen LogP contribution < -0.4 is 0 Å². The lowest BCUT2D eigenvalue weighted by atomic mass is 10.2. The first-order valence-electron chi connectivity index (χ1n) is 3.95. The fraction of sp³-hybridized carbons (Fsp3) is 0. The van der Waals surface area contributed by atoms with Gasteiger partial charge < -0.3 is 4.42 Å². The van der Waals surface area contributed by atoms with E-state index in [1.807, 2.05) is 36.4 Å². The van der Waals surface area contributed by atoms with Gasteiger partial charge in [-0.1, -0.05) is 30.3 Å². The van der Waals surface area contributed by atoms with Crippen molar-refractivity contribution in [1.82, 2.24) is 0 Å². The lowest BCUT2D eigenvalue weighted by Crippen LogP contribution is -1.70. The first-order chi connectivity index (χ1) is 6.40. The summed E-state index contributed by atoms with van der Waals surface area (Å²) in [6, 6.07) is 15.1. The molecule has 0 saturated heterocycles. The minimum Gasteiger partial charge on any atom is -0.446 e. The average molecular weight is 169 g/mol. The Morgan fingerprint density at radius 1 is 1.00 bits per heavy atom.